The van der Waals surface area contributed by atoms with Crippen LogP contribution in [-0.4, -0.2) is 49.1 Å². The predicted octanol–water partition coefficient (Wildman–Crippen LogP) is 7.45. The van der Waals surface area contributed by atoms with Crippen molar-refractivity contribution >= 4 is 17.7 Å². The molecule has 1 fully saturated rings. The molecule has 0 aliphatic carbocycles. The molecule has 0 saturated carbocycles. The third-order valence-corrected chi connectivity index (χ3v) is 6.53. The van der Waals surface area contributed by atoms with Gasteiger partial charge in [-0.2, -0.15) is 0 Å². The monoisotopic (exact) mass is 570 g/mol. The Bertz CT molecular complexity index is 1350. The fourth-order valence-corrected chi connectivity index (χ4v) is 4.59. The van der Waals surface area contributed by atoms with Gasteiger partial charge in [0.1, 0.15) is 17.6 Å². The molecule has 1 saturated heterocycles. The second-order valence-corrected chi connectivity index (χ2v) is 10.3. The molecule has 3 aromatic rings. The zero-order chi connectivity index (χ0) is 29.6. The molecule has 0 spiro atoms. The van der Waals surface area contributed by atoms with E-state index in [0.717, 1.165) is 5.56 Å². The van der Waals surface area contributed by atoms with Crippen molar-refractivity contribution in [3.8, 4) is 22.6 Å². The van der Waals surface area contributed by atoms with Gasteiger partial charge in [-0.05, 0) is 59.9 Å². The standard InChI is InChI=1S/C31H33F3N2O5/c1-20(2)19-39-30(38)36-16-14-24(15-17-36)40-26-8-5-7-23(18-26)35-29(37)27-9-4-6-21(3)28(27)22-10-12-25(13-11-22)41-31(32,33)34/h4-13,18,20,24H,14-17,19H2,1-3H3,(H,35,37). The summed E-state index contributed by atoms with van der Waals surface area (Å²) >= 11 is 0. The molecule has 0 aromatic heterocycles. The number of aryl methyl sites for hydroxylation is 1. The molecule has 0 bridgehead atoms. The summed E-state index contributed by atoms with van der Waals surface area (Å²) < 4.78 is 53.1. The van der Waals surface area contributed by atoms with E-state index in [0.29, 0.717) is 60.7 Å². The maximum Gasteiger partial charge on any atom is 0.573 e. The Morgan fingerprint density at radius 1 is 0.976 bits per heavy atom. The minimum absolute atomic E-state index is 0.0808. The number of amides is 2. The van der Waals surface area contributed by atoms with Gasteiger partial charge >= 0.3 is 12.5 Å². The van der Waals surface area contributed by atoms with Crippen LogP contribution in [0.1, 0.15) is 42.6 Å². The lowest BCUT2D eigenvalue weighted by atomic mass is 9.94. The molecule has 41 heavy (non-hydrogen) atoms. The first-order valence-electron chi connectivity index (χ1n) is 13.4. The van der Waals surface area contributed by atoms with Crippen LogP contribution in [0.2, 0.25) is 0 Å². The topological polar surface area (TPSA) is 77.1 Å². The number of nitrogens with one attached hydrogen (secondary N) is 1. The Morgan fingerprint density at radius 3 is 2.32 bits per heavy atom. The third-order valence-electron chi connectivity index (χ3n) is 6.53. The van der Waals surface area contributed by atoms with Crippen molar-refractivity contribution in [2.45, 2.75) is 46.1 Å². The molecular formula is C31H33F3N2O5. The third kappa shape index (κ3) is 8.39. The highest BCUT2D eigenvalue weighted by Gasteiger charge is 2.31. The van der Waals surface area contributed by atoms with Gasteiger partial charge in [0.2, 0.25) is 0 Å². The molecule has 7 nitrogen and oxygen atoms in total. The average Bonchev–Trinajstić information content (AvgIpc) is 2.92. The molecule has 218 valence electrons. The molecule has 1 N–H and O–H groups in total. The highest BCUT2D eigenvalue weighted by atomic mass is 19.4. The van der Waals surface area contributed by atoms with E-state index in [2.05, 4.69) is 10.1 Å². The number of piperidine rings is 1. The second kappa shape index (κ2) is 13.0. The number of nitrogens with zero attached hydrogens (tertiary/aromatic N) is 1. The van der Waals surface area contributed by atoms with Crippen LogP contribution in [0.15, 0.2) is 66.7 Å². The number of alkyl halides is 3. The Hall–Kier alpha value is -4.21. The maximum absolute atomic E-state index is 13.3. The first-order chi connectivity index (χ1) is 19.5. The Morgan fingerprint density at radius 2 is 1.66 bits per heavy atom. The van der Waals surface area contributed by atoms with Crippen LogP contribution in [0.4, 0.5) is 23.7 Å². The van der Waals surface area contributed by atoms with E-state index in [4.69, 9.17) is 9.47 Å². The molecule has 0 unspecified atom stereocenters. The number of hydrogen-bond donors (Lipinski definition) is 1. The van der Waals surface area contributed by atoms with Gasteiger partial charge in [0.05, 0.1) is 6.61 Å². The van der Waals surface area contributed by atoms with E-state index in [1.165, 1.54) is 24.3 Å². The van der Waals surface area contributed by atoms with Crippen LogP contribution in [0, 0.1) is 12.8 Å². The van der Waals surface area contributed by atoms with Gasteiger partial charge in [0.15, 0.2) is 0 Å². The van der Waals surface area contributed by atoms with Crippen LogP contribution >= 0.6 is 0 Å². The fourth-order valence-electron chi connectivity index (χ4n) is 4.59. The molecule has 3 aromatic carbocycles. The molecule has 1 aliphatic rings. The first-order valence-corrected chi connectivity index (χ1v) is 13.4. The number of carbonyl (C=O) groups is 2. The van der Waals surface area contributed by atoms with Crippen LogP contribution < -0.4 is 14.8 Å². The van der Waals surface area contributed by atoms with Gasteiger partial charge < -0.3 is 24.4 Å². The van der Waals surface area contributed by atoms with Crippen LogP contribution in [-0.2, 0) is 4.74 Å². The Labute approximate surface area is 237 Å². The molecule has 2 amide bonds. The van der Waals surface area contributed by atoms with Crippen molar-refractivity contribution in [2.24, 2.45) is 5.92 Å². The largest absolute Gasteiger partial charge is 0.573 e. The summed E-state index contributed by atoms with van der Waals surface area (Å²) in [4.78, 5) is 27.2. The van der Waals surface area contributed by atoms with Crippen LogP contribution in [0.25, 0.3) is 11.1 Å². The van der Waals surface area contributed by atoms with Gasteiger partial charge in [-0.3, -0.25) is 4.79 Å². The summed E-state index contributed by atoms with van der Waals surface area (Å²) in [5.74, 6) is 0.158. The fraction of sp³-hybridized carbons (Fsp3) is 0.355. The smallest absolute Gasteiger partial charge is 0.490 e. The SMILES string of the molecule is Cc1cccc(C(=O)Nc2cccc(OC3CCN(C(=O)OCC(C)C)CC3)c2)c1-c1ccc(OC(F)(F)F)cc1. The number of likely N-dealkylation sites (tertiary alicyclic amines) is 1. The summed E-state index contributed by atoms with van der Waals surface area (Å²) in [7, 11) is 0. The van der Waals surface area contributed by atoms with Crippen molar-refractivity contribution in [3.63, 3.8) is 0 Å². The molecule has 10 heteroatoms. The van der Waals surface area contributed by atoms with Crippen molar-refractivity contribution in [2.75, 3.05) is 25.0 Å². The number of anilines is 1. The predicted molar refractivity (Wildman–Crippen MR) is 149 cm³/mol. The number of ether oxygens (including phenoxy) is 3. The van der Waals surface area contributed by atoms with Crippen molar-refractivity contribution in [1.29, 1.82) is 0 Å². The number of carbonyl (C=O) groups excluding carboxylic acids is 2. The highest BCUT2D eigenvalue weighted by molar-refractivity contribution is 6.09. The normalized spacial score (nSPS) is 14.1. The summed E-state index contributed by atoms with van der Waals surface area (Å²) in [6.45, 7) is 7.27. The lowest BCUT2D eigenvalue weighted by Crippen LogP contribution is -2.42. The summed E-state index contributed by atoms with van der Waals surface area (Å²) in [6, 6.07) is 17.7. The summed E-state index contributed by atoms with van der Waals surface area (Å²) in [5.41, 5.74) is 2.88. The summed E-state index contributed by atoms with van der Waals surface area (Å²) in [6.07, 6.45) is -3.85. The average molecular weight is 571 g/mol. The van der Waals surface area contributed by atoms with E-state index < -0.39 is 6.36 Å². The molecule has 0 radical (unpaired) electrons. The minimum atomic E-state index is -4.79. The van der Waals surface area contributed by atoms with Crippen molar-refractivity contribution in [1.82, 2.24) is 4.90 Å². The molecule has 0 atom stereocenters. The van der Waals surface area contributed by atoms with Gasteiger partial charge in [-0.1, -0.05) is 44.2 Å². The zero-order valence-corrected chi connectivity index (χ0v) is 23.2. The zero-order valence-electron chi connectivity index (χ0n) is 23.2. The van der Waals surface area contributed by atoms with Crippen molar-refractivity contribution in [3.05, 3.63) is 77.9 Å². The molecule has 1 heterocycles. The van der Waals surface area contributed by atoms with Gasteiger partial charge in [-0.15, -0.1) is 13.2 Å². The van der Waals surface area contributed by atoms with E-state index in [9.17, 15) is 22.8 Å². The summed E-state index contributed by atoms with van der Waals surface area (Å²) in [5, 5.41) is 2.90. The van der Waals surface area contributed by atoms with E-state index in [-0.39, 0.29) is 29.8 Å². The van der Waals surface area contributed by atoms with Gasteiger partial charge in [0, 0.05) is 43.2 Å². The quantitative estimate of drug-likeness (QED) is 0.304. The van der Waals surface area contributed by atoms with Crippen molar-refractivity contribution < 1.29 is 37.0 Å². The number of hydrogen-bond acceptors (Lipinski definition) is 5. The Balaban J connectivity index is 1.40. The Kier molecular flexibility index (Phi) is 9.42. The van der Waals surface area contributed by atoms with E-state index in [1.807, 2.05) is 32.9 Å². The number of halogens is 3. The van der Waals surface area contributed by atoms with E-state index >= 15 is 0 Å². The molecule has 4 rings (SSSR count). The highest BCUT2D eigenvalue weighted by Crippen LogP contribution is 2.32. The number of benzene rings is 3. The maximum atomic E-state index is 13.3. The lowest BCUT2D eigenvalue weighted by Gasteiger charge is -2.31. The van der Waals surface area contributed by atoms with Gasteiger partial charge in [-0.25, -0.2) is 4.79 Å². The second-order valence-electron chi connectivity index (χ2n) is 10.3. The number of rotatable bonds is 8. The van der Waals surface area contributed by atoms with Crippen LogP contribution in [0.5, 0.6) is 11.5 Å². The minimum Gasteiger partial charge on any atom is -0.490 e. The first kappa shape index (κ1) is 29.8. The lowest BCUT2D eigenvalue weighted by molar-refractivity contribution is -0.274. The molecular weight excluding hydrogens is 537 g/mol. The molecule has 1 aliphatic heterocycles. The van der Waals surface area contributed by atoms with E-state index in [1.54, 1.807) is 35.2 Å². The van der Waals surface area contributed by atoms with Gasteiger partial charge in [0.25, 0.3) is 5.91 Å². The van der Waals surface area contributed by atoms with Crippen LogP contribution in [0.3, 0.4) is 0 Å².